The van der Waals surface area contributed by atoms with Crippen molar-refractivity contribution in [3.8, 4) is 0 Å². The van der Waals surface area contributed by atoms with Gasteiger partial charge in [-0.15, -0.1) is 0 Å². The van der Waals surface area contributed by atoms with Crippen LogP contribution in [0.15, 0.2) is 36.5 Å². The van der Waals surface area contributed by atoms with Gasteiger partial charge in [-0.2, -0.15) is 0 Å². The maximum absolute atomic E-state index is 4.95. The summed E-state index contributed by atoms with van der Waals surface area (Å²) in [5, 5.41) is 0. The number of methoxy groups -OCH3 is 1. The Morgan fingerprint density at radius 1 is 1.55 bits per heavy atom. The fourth-order valence-corrected chi connectivity index (χ4v) is 0.735. The molecule has 0 saturated carbocycles. The van der Waals surface area contributed by atoms with Crippen LogP contribution < -0.4 is 0 Å². The molecule has 0 aromatic heterocycles. The highest BCUT2D eigenvalue weighted by Gasteiger charge is 1.88. The number of ether oxygens (including phenoxy) is 1. The Labute approximate surface area is 69.1 Å². The molecule has 0 N–H and O–H groups in total. The first-order valence-corrected chi connectivity index (χ1v) is 3.78. The first kappa shape index (κ1) is 10.2. The molecule has 0 saturated heterocycles. The van der Waals surface area contributed by atoms with Crippen LogP contribution in [0.2, 0.25) is 0 Å². The molecule has 11 heavy (non-hydrogen) atoms. The zero-order valence-corrected chi connectivity index (χ0v) is 7.34. The fraction of sp³-hybridized carbons (Fsp3) is 0.400. The minimum Gasteiger partial charge on any atom is -0.384 e. The summed E-state index contributed by atoms with van der Waals surface area (Å²) in [7, 11) is 1.71. The molecule has 0 bridgehead atoms. The molecule has 0 unspecified atom stereocenters. The molecule has 62 valence electrons. The highest BCUT2D eigenvalue weighted by molar-refractivity contribution is 5.20. The Hall–Kier alpha value is -0.820. The van der Waals surface area contributed by atoms with E-state index in [0.717, 1.165) is 13.0 Å². The first-order chi connectivity index (χ1) is 5.35. The molecule has 0 atom stereocenters. The number of allylic oxidation sites excluding steroid dienone is 4. The van der Waals surface area contributed by atoms with Crippen LogP contribution in [0.1, 0.15) is 13.3 Å². The van der Waals surface area contributed by atoms with E-state index in [1.165, 1.54) is 5.57 Å². The Kier molecular flexibility index (Phi) is 6.75. The van der Waals surface area contributed by atoms with Crippen LogP contribution >= 0.6 is 0 Å². The van der Waals surface area contributed by atoms with E-state index in [0.29, 0.717) is 0 Å². The van der Waals surface area contributed by atoms with Gasteiger partial charge in [0.05, 0.1) is 6.61 Å². The second-order valence-electron chi connectivity index (χ2n) is 2.20. The molecule has 0 radical (unpaired) electrons. The highest BCUT2D eigenvalue weighted by Crippen LogP contribution is 2.02. The number of hydrogen-bond donors (Lipinski definition) is 0. The van der Waals surface area contributed by atoms with Gasteiger partial charge in [0.25, 0.3) is 0 Å². The Morgan fingerprint density at radius 2 is 2.27 bits per heavy atom. The predicted octanol–water partition coefficient (Wildman–Crippen LogP) is 2.71. The second kappa shape index (κ2) is 7.29. The van der Waals surface area contributed by atoms with Gasteiger partial charge in [-0.1, -0.05) is 36.5 Å². The molecule has 1 heteroatoms. The van der Waals surface area contributed by atoms with E-state index in [1.807, 2.05) is 19.1 Å². The normalized spacial score (nSPS) is 12.4. The summed E-state index contributed by atoms with van der Waals surface area (Å²) in [4.78, 5) is 0. The van der Waals surface area contributed by atoms with E-state index >= 15 is 0 Å². The summed E-state index contributed by atoms with van der Waals surface area (Å²) in [6.45, 7) is 6.41. The lowest BCUT2D eigenvalue weighted by Crippen LogP contribution is -1.89. The van der Waals surface area contributed by atoms with E-state index in [2.05, 4.69) is 12.7 Å². The summed E-state index contributed by atoms with van der Waals surface area (Å²) in [5.74, 6) is 0. The molecule has 0 heterocycles. The van der Waals surface area contributed by atoms with E-state index < -0.39 is 0 Å². The summed E-state index contributed by atoms with van der Waals surface area (Å²) in [6.07, 6.45) is 8.81. The van der Waals surface area contributed by atoms with Crippen molar-refractivity contribution < 1.29 is 4.74 Å². The van der Waals surface area contributed by atoms with Crippen molar-refractivity contribution in [2.24, 2.45) is 0 Å². The third-order valence-electron chi connectivity index (χ3n) is 1.41. The minimum atomic E-state index is 0.779. The Bertz CT molecular complexity index is 154. The van der Waals surface area contributed by atoms with Crippen molar-refractivity contribution in [3.63, 3.8) is 0 Å². The van der Waals surface area contributed by atoms with Gasteiger partial charge in [-0.25, -0.2) is 0 Å². The maximum atomic E-state index is 4.95. The molecule has 0 aromatic carbocycles. The van der Waals surface area contributed by atoms with Crippen molar-refractivity contribution in [2.45, 2.75) is 13.3 Å². The molecule has 0 aliphatic carbocycles. The lowest BCUT2D eigenvalue weighted by atomic mass is 10.2. The molecule has 0 rings (SSSR count). The number of rotatable bonds is 5. The molecule has 0 fully saturated rings. The zero-order chi connectivity index (χ0) is 8.53. The second-order valence-corrected chi connectivity index (χ2v) is 2.20. The van der Waals surface area contributed by atoms with Crippen LogP contribution in [0.4, 0.5) is 0 Å². The van der Waals surface area contributed by atoms with Gasteiger partial charge in [0.1, 0.15) is 0 Å². The zero-order valence-electron chi connectivity index (χ0n) is 7.34. The number of hydrogen-bond acceptors (Lipinski definition) is 1. The van der Waals surface area contributed by atoms with Crippen LogP contribution in [0.3, 0.4) is 0 Å². The van der Waals surface area contributed by atoms with Gasteiger partial charge >= 0.3 is 0 Å². The quantitative estimate of drug-likeness (QED) is 0.550. The molecule has 1 nitrogen and oxygen atoms in total. The summed E-state index contributed by atoms with van der Waals surface area (Å²) in [5.41, 5.74) is 1.28. The van der Waals surface area contributed by atoms with E-state index in [4.69, 9.17) is 4.74 Å². The van der Waals surface area contributed by atoms with Crippen LogP contribution in [0.25, 0.3) is 0 Å². The van der Waals surface area contributed by atoms with E-state index in [-0.39, 0.29) is 0 Å². The van der Waals surface area contributed by atoms with Crippen molar-refractivity contribution in [1.82, 2.24) is 0 Å². The van der Waals surface area contributed by atoms with Crippen LogP contribution in [-0.2, 0) is 4.74 Å². The van der Waals surface area contributed by atoms with Gasteiger partial charge in [-0.05, 0) is 13.3 Å². The molecule has 0 amide bonds. The standard InChI is InChI=1S/C10H16O/c1-4-6-7-10(5-2)8-9-11-3/h4-7H,1,8-9H2,2-3H3/b7-6-,10-5+. The third kappa shape index (κ3) is 5.62. The SMILES string of the molecule is C=C/C=C\C(=C/C)CCOC. The van der Waals surface area contributed by atoms with Gasteiger partial charge < -0.3 is 4.74 Å². The largest absolute Gasteiger partial charge is 0.384 e. The van der Waals surface area contributed by atoms with Crippen molar-refractivity contribution >= 4 is 0 Å². The van der Waals surface area contributed by atoms with Crippen LogP contribution in [0.5, 0.6) is 0 Å². The van der Waals surface area contributed by atoms with Gasteiger partial charge in [0, 0.05) is 7.11 Å². The van der Waals surface area contributed by atoms with Crippen LogP contribution in [0, 0.1) is 0 Å². The monoisotopic (exact) mass is 152 g/mol. The molecule has 0 spiro atoms. The van der Waals surface area contributed by atoms with Gasteiger partial charge in [0.2, 0.25) is 0 Å². The molecule has 0 aliphatic heterocycles. The lowest BCUT2D eigenvalue weighted by Gasteiger charge is -1.98. The summed E-state index contributed by atoms with van der Waals surface area (Å²) < 4.78 is 4.95. The van der Waals surface area contributed by atoms with Crippen LogP contribution in [-0.4, -0.2) is 13.7 Å². The van der Waals surface area contributed by atoms with Crippen molar-refractivity contribution in [1.29, 1.82) is 0 Å². The molecular weight excluding hydrogens is 136 g/mol. The Morgan fingerprint density at radius 3 is 2.73 bits per heavy atom. The maximum Gasteiger partial charge on any atom is 0.0502 e. The third-order valence-corrected chi connectivity index (χ3v) is 1.41. The van der Waals surface area contributed by atoms with Gasteiger partial charge in [-0.3, -0.25) is 0 Å². The first-order valence-electron chi connectivity index (χ1n) is 3.78. The fourth-order valence-electron chi connectivity index (χ4n) is 0.735. The van der Waals surface area contributed by atoms with E-state index in [1.54, 1.807) is 13.2 Å². The average molecular weight is 152 g/mol. The minimum absolute atomic E-state index is 0.779. The summed E-state index contributed by atoms with van der Waals surface area (Å²) >= 11 is 0. The Balaban J connectivity index is 3.77. The predicted molar refractivity (Wildman–Crippen MR) is 49.6 cm³/mol. The molecule has 0 aliphatic rings. The highest BCUT2D eigenvalue weighted by atomic mass is 16.5. The molecular formula is C10H16O. The smallest absolute Gasteiger partial charge is 0.0502 e. The van der Waals surface area contributed by atoms with Crippen molar-refractivity contribution in [3.05, 3.63) is 36.5 Å². The van der Waals surface area contributed by atoms with Crippen molar-refractivity contribution in [2.75, 3.05) is 13.7 Å². The lowest BCUT2D eigenvalue weighted by molar-refractivity contribution is 0.203. The topological polar surface area (TPSA) is 9.23 Å². The van der Waals surface area contributed by atoms with Gasteiger partial charge in [0.15, 0.2) is 0 Å². The van der Waals surface area contributed by atoms with E-state index in [9.17, 15) is 0 Å². The summed E-state index contributed by atoms with van der Waals surface area (Å²) in [6, 6.07) is 0. The molecule has 0 aromatic rings. The average Bonchev–Trinajstić information content (AvgIpc) is 2.05.